The summed E-state index contributed by atoms with van der Waals surface area (Å²) >= 11 is 17.3. The van der Waals surface area contributed by atoms with E-state index in [-0.39, 0.29) is 15.7 Å². The zero-order valence-corrected chi connectivity index (χ0v) is 17.1. The molecule has 3 aromatic carbocycles. The molecule has 0 spiro atoms. The lowest BCUT2D eigenvalue weighted by atomic mass is 10.2. The number of nitrogens with one attached hydrogen (secondary N) is 2. The fraction of sp³-hybridized carbons (Fsp3) is 0. The van der Waals surface area contributed by atoms with Gasteiger partial charge in [0.15, 0.2) is 10.7 Å². The summed E-state index contributed by atoms with van der Waals surface area (Å²) in [6.07, 6.45) is 0. The van der Waals surface area contributed by atoms with E-state index < -0.39 is 5.91 Å². The number of para-hydroxylation sites is 2. The summed E-state index contributed by atoms with van der Waals surface area (Å²) in [5, 5.41) is 6.16. The monoisotopic (exact) mass is 441 g/mol. The molecule has 0 fully saturated rings. The molecule has 2 N–H and O–H groups in total. The van der Waals surface area contributed by atoms with Crippen LogP contribution in [0.3, 0.4) is 0 Å². The van der Waals surface area contributed by atoms with Crippen LogP contribution in [0.1, 0.15) is 10.4 Å². The van der Waals surface area contributed by atoms with Crippen LogP contribution in [-0.2, 0) is 0 Å². The molecule has 0 unspecified atom stereocenters. The van der Waals surface area contributed by atoms with Gasteiger partial charge in [0.2, 0.25) is 5.89 Å². The maximum Gasteiger partial charge on any atom is 0.258 e. The van der Waals surface area contributed by atoms with Gasteiger partial charge in [-0.25, -0.2) is 4.98 Å². The number of halogens is 2. The average molecular weight is 442 g/mol. The van der Waals surface area contributed by atoms with Crippen LogP contribution in [0.15, 0.2) is 71.1 Å². The van der Waals surface area contributed by atoms with E-state index in [2.05, 4.69) is 15.6 Å². The Hall–Kier alpha value is -2.93. The lowest BCUT2D eigenvalue weighted by Gasteiger charge is -2.11. The number of amides is 1. The van der Waals surface area contributed by atoms with Gasteiger partial charge < -0.3 is 9.73 Å². The molecule has 0 radical (unpaired) electrons. The van der Waals surface area contributed by atoms with E-state index in [4.69, 9.17) is 39.8 Å². The fourth-order valence-corrected chi connectivity index (χ4v) is 3.33. The van der Waals surface area contributed by atoms with Crippen LogP contribution in [0.5, 0.6) is 0 Å². The van der Waals surface area contributed by atoms with Crippen molar-refractivity contribution in [1.29, 1.82) is 0 Å². The molecule has 5 nitrogen and oxygen atoms in total. The van der Waals surface area contributed by atoms with Crippen molar-refractivity contribution in [3.8, 4) is 11.5 Å². The standard InChI is InChI=1S/C21H13Cl2N3O2S/c22-15-8-4-7-14(18(15)23)19(27)26-21(29)24-13-6-3-5-12(11-13)20-25-16-9-1-2-10-17(16)28-20/h1-11H,(H2,24,26,27,29). The molecule has 1 amide bonds. The minimum atomic E-state index is -0.454. The number of benzene rings is 3. The largest absolute Gasteiger partial charge is 0.436 e. The van der Waals surface area contributed by atoms with Gasteiger partial charge in [0.05, 0.1) is 15.6 Å². The molecule has 0 aliphatic heterocycles. The number of fused-ring (bicyclic) bond motifs is 1. The Morgan fingerprint density at radius 3 is 2.62 bits per heavy atom. The van der Waals surface area contributed by atoms with Crippen LogP contribution < -0.4 is 10.6 Å². The average Bonchev–Trinajstić information content (AvgIpc) is 3.14. The zero-order valence-electron chi connectivity index (χ0n) is 14.8. The third kappa shape index (κ3) is 4.24. The molecule has 29 heavy (non-hydrogen) atoms. The molecule has 1 aromatic heterocycles. The molecule has 0 saturated heterocycles. The number of oxazole rings is 1. The van der Waals surface area contributed by atoms with Crippen LogP contribution in [0.4, 0.5) is 5.69 Å². The number of carbonyl (C=O) groups excluding carboxylic acids is 1. The summed E-state index contributed by atoms with van der Waals surface area (Å²) in [6, 6.07) is 19.7. The second-order valence-electron chi connectivity index (χ2n) is 6.08. The molecule has 4 aromatic rings. The third-order valence-corrected chi connectivity index (χ3v) is 5.11. The van der Waals surface area contributed by atoms with Crippen LogP contribution >= 0.6 is 35.4 Å². The number of nitrogens with zero attached hydrogens (tertiary/aromatic N) is 1. The van der Waals surface area contributed by atoms with Crippen LogP contribution in [0.2, 0.25) is 10.0 Å². The number of carbonyl (C=O) groups is 1. The first-order chi connectivity index (χ1) is 14.0. The van der Waals surface area contributed by atoms with Gasteiger partial charge in [-0.2, -0.15) is 0 Å². The predicted molar refractivity (Wildman–Crippen MR) is 120 cm³/mol. The summed E-state index contributed by atoms with van der Waals surface area (Å²) in [4.78, 5) is 16.9. The maximum absolute atomic E-state index is 12.4. The molecule has 0 saturated carbocycles. The highest BCUT2D eigenvalue weighted by molar-refractivity contribution is 7.80. The van der Waals surface area contributed by atoms with E-state index in [1.54, 1.807) is 18.2 Å². The summed E-state index contributed by atoms with van der Waals surface area (Å²) in [7, 11) is 0. The highest BCUT2D eigenvalue weighted by Gasteiger charge is 2.14. The molecule has 0 atom stereocenters. The van der Waals surface area contributed by atoms with Crippen molar-refractivity contribution in [3.63, 3.8) is 0 Å². The summed E-state index contributed by atoms with van der Waals surface area (Å²) < 4.78 is 5.79. The van der Waals surface area contributed by atoms with Crippen LogP contribution in [-0.4, -0.2) is 16.0 Å². The van der Waals surface area contributed by atoms with Crippen molar-refractivity contribution in [3.05, 3.63) is 82.3 Å². The second-order valence-corrected chi connectivity index (χ2v) is 7.27. The Bertz CT molecular complexity index is 1210. The van der Waals surface area contributed by atoms with Gasteiger partial charge in [0.25, 0.3) is 5.91 Å². The minimum absolute atomic E-state index is 0.126. The molecular weight excluding hydrogens is 429 g/mol. The molecule has 0 aliphatic carbocycles. The van der Waals surface area contributed by atoms with E-state index in [0.717, 1.165) is 11.1 Å². The Morgan fingerprint density at radius 2 is 1.79 bits per heavy atom. The van der Waals surface area contributed by atoms with Crippen LogP contribution in [0, 0.1) is 0 Å². The molecule has 144 valence electrons. The molecular formula is C21H13Cl2N3O2S. The van der Waals surface area contributed by atoms with Crippen molar-refractivity contribution in [1.82, 2.24) is 10.3 Å². The van der Waals surface area contributed by atoms with Crippen molar-refractivity contribution < 1.29 is 9.21 Å². The third-order valence-electron chi connectivity index (χ3n) is 4.08. The quantitative estimate of drug-likeness (QED) is 0.385. The topological polar surface area (TPSA) is 67.2 Å². The van der Waals surface area contributed by atoms with Crippen molar-refractivity contribution in [2.24, 2.45) is 0 Å². The van der Waals surface area contributed by atoms with E-state index in [1.165, 1.54) is 0 Å². The number of aromatic nitrogens is 1. The Labute approximate surface area is 181 Å². The molecule has 0 bridgehead atoms. The van der Waals surface area contributed by atoms with Gasteiger partial charge in [-0.1, -0.05) is 47.5 Å². The molecule has 8 heteroatoms. The Balaban J connectivity index is 1.49. The first-order valence-corrected chi connectivity index (χ1v) is 9.70. The van der Waals surface area contributed by atoms with Gasteiger partial charge >= 0.3 is 0 Å². The molecule has 0 aliphatic rings. The second kappa shape index (κ2) is 8.21. The Kier molecular flexibility index (Phi) is 5.49. The van der Waals surface area contributed by atoms with E-state index in [9.17, 15) is 4.79 Å². The van der Waals surface area contributed by atoms with Gasteiger partial charge in [-0.05, 0) is 54.7 Å². The number of thiocarbonyl (C=S) groups is 1. The van der Waals surface area contributed by atoms with Crippen molar-refractivity contribution >= 4 is 63.2 Å². The fourth-order valence-electron chi connectivity index (χ4n) is 2.74. The first-order valence-electron chi connectivity index (χ1n) is 8.53. The summed E-state index contributed by atoms with van der Waals surface area (Å²) in [5.41, 5.74) is 3.18. The van der Waals surface area contributed by atoms with Crippen LogP contribution in [0.25, 0.3) is 22.6 Å². The normalized spacial score (nSPS) is 10.7. The highest BCUT2D eigenvalue weighted by Crippen LogP contribution is 2.27. The SMILES string of the molecule is O=C(NC(=S)Nc1cccc(-c2nc3ccccc3o2)c1)c1cccc(Cl)c1Cl. The van der Waals surface area contributed by atoms with Gasteiger partial charge in [-0.15, -0.1) is 0 Å². The predicted octanol–water partition coefficient (Wildman–Crippen LogP) is 5.93. The van der Waals surface area contributed by atoms with E-state index >= 15 is 0 Å². The maximum atomic E-state index is 12.4. The molecule has 4 rings (SSSR count). The van der Waals surface area contributed by atoms with E-state index in [1.807, 2.05) is 48.5 Å². The minimum Gasteiger partial charge on any atom is -0.436 e. The summed E-state index contributed by atoms with van der Waals surface area (Å²) in [6.45, 7) is 0. The van der Waals surface area contributed by atoms with Gasteiger partial charge in [0.1, 0.15) is 5.52 Å². The Morgan fingerprint density at radius 1 is 1.00 bits per heavy atom. The van der Waals surface area contributed by atoms with Gasteiger partial charge in [0, 0.05) is 11.3 Å². The lowest BCUT2D eigenvalue weighted by molar-refractivity contribution is 0.0978. The lowest BCUT2D eigenvalue weighted by Crippen LogP contribution is -2.34. The number of hydrogen-bond donors (Lipinski definition) is 2. The first kappa shape index (κ1) is 19.4. The molecule has 1 heterocycles. The smallest absolute Gasteiger partial charge is 0.258 e. The van der Waals surface area contributed by atoms with E-state index in [0.29, 0.717) is 22.2 Å². The number of rotatable bonds is 3. The number of anilines is 1. The highest BCUT2D eigenvalue weighted by atomic mass is 35.5. The summed E-state index contributed by atoms with van der Waals surface area (Å²) in [5.74, 6) is 0.0422. The zero-order chi connectivity index (χ0) is 20.4. The number of hydrogen-bond acceptors (Lipinski definition) is 4. The van der Waals surface area contributed by atoms with Crippen molar-refractivity contribution in [2.75, 3.05) is 5.32 Å². The van der Waals surface area contributed by atoms with Gasteiger partial charge in [-0.3, -0.25) is 10.1 Å². The van der Waals surface area contributed by atoms with Crippen molar-refractivity contribution in [2.45, 2.75) is 0 Å².